The summed E-state index contributed by atoms with van der Waals surface area (Å²) in [4.78, 5) is 19.8. The highest BCUT2D eigenvalue weighted by Crippen LogP contribution is 2.32. The first-order valence-corrected chi connectivity index (χ1v) is 11.7. The van der Waals surface area contributed by atoms with Crippen molar-refractivity contribution in [3.63, 3.8) is 0 Å². The number of hydrogen-bond acceptors (Lipinski definition) is 4. The van der Waals surface area contributed by atoms with Crippen molar-refractivity contribution in [1.82, 2.24) is 18.8 Å². The Morgan fingerprint density at radius 1 is 1.28 bits per heavy atom. The Bertz CT molecular complexity index is 1030. The van der Waals surface area contributed by atoms with Gasteiger partial charge in [0.25, 0.3) is 5.91 Å². The average Bonchev–Trinajstić information content (AvgIpc) is 3.06. The summed E-state index contributed by atoms with van der Waals surface area (Å²) in [6, 6.07) is 6.94. The molecule has 1 aromatic heterocycles. The monoisotopic (exact) mass is 416 g/mol. The second-order valence-electron chi connectivity index (χ2n) is 8.57. The molecule has 2 aliphatic heterocycles. The fraction of sp³-hybridized carbons (Fsp3) is 0.524. The summed E-state index contributed by atoms with van der Waals surface area (Å²) in [5.74, 6) is 0.521. The summed E-state index contributed by atoms with van der Waals surface area (Å²) in [5, 5.41) is 0. The number of rotatable bonds is 3. The number of carbonyl (C=O) groups is 1. The standard InChI is InChI=1S/C21H28N4O3S/c1-15(2)11-24-13-18-20(21(26)23-10-6-7-16(3)12-23)22-14-25(18)17-8-4-5-9-19(17)29(24,27)28/h4-5,8-9,14-16H,6-7,10-13H2,1-3H3/t16-/m1/s1. The zero-order valence-corrected chi connectivity index (χ0v) is 18.0. The van der Waals surface area contributed by atoms with Gasteiger partial charge in [-0.2, -0.15) is 4.31 Å². The van der Waals surface area contributed by atoms with Crippen LogP contribution in [0.3, 0.4) is 0 Å². The van der Waals surface area contributed by atoms with Crippen LogP contribution in [0.4, 0.5) is 0 Å². The van der Waals surface area contributed by atoms with Gasteiger partial charge in [0.2, 0.25) is 10.0 Å². The van der Waals surface area contributed by atoms with Crippen LogP contribution in [-0.4, -0.2) is 52.7 Å². The molecule has 0 saturated carbocycles. The highest BCUT2D eigenvalue weighted by molar-refractivity contribution is 7.89. The number of para-hydroxylation sites is 1. The third-order valence-corrected chi connectivity index (χ3v) is 7.51. The van der Waals surface area contributed by atoms with Gasteiger partial charge in [-0.15, -0.1) is 0 Å². The molecule has 1 fully saturated rings. The lowest BCUT2D eigenvalue weighted by atomic mass is 10.00. The Hall–Kier alpha value is -2.19. The van der Waals surface area contributed by atoms with Gasteiger partial charge < -0.3 is 4.90 Å². The summed E-state index contributed by atoms with van der Waals surface area (Å²) >= 11 is 0. The number of carbonyl (C=O) groups excluding carboxylic acids is 1. The zero-order valence-electron chi connectivity index (χ0n) is 17.2. The van der Waals surface area contributed by atoms with Crippen molar-refractivity contribution < 1.29 is 13.2 Å². The Kier molecular flexibility index (Phi) is 5.25. The number of sulfonamides is 1. The van der Waals surface area contributed by atoms with Gasteiger partial charge in [-0.3, -0.25) is 9.36 Å². The van der Waals surface area contributed by atoms with E-state index in [1.54, 1.807) is 29.1 Å². The van der Waals surface area contributed by atoms with E-state index in [0.29, 0.717) is 29.5 Å². The summed E-state index contributed by atoms with van der Waals surface area (Å²) in [7, 11) is -3.67. The van der Waals surface area contributed by atoms with Gasteiger partial charge in [0.15, 0.2) is 5.69 Å². The largest absolute Gasteiger partial charge is 0.337 e. The third-order valence-electron chi connectivity index (χ3n) is 5.65. The Morgan fingerprint density at radius 2 is 2.03 bits per heavy atom. The van der Waals surface area contributed by atoms with E-state index in [-0.39, 0.29) is 23.3 Å². The highest BCUT2D eigenvalue weighted by Gasteiger charge is 2.36. The molecule has 2 aromatic rings. The number of imidazole rings is 1. The molecule has 1 aromatic carbocycles. The number of likely N-dealkylation sites (tertiary alicyclic amines) is 1. The molecule has 29 heavy (non-hydrogen) atoms. The van der Waals surface area contributed by atoms with Gasteiger partial charge in [0.1, 0.15) is 11.2 Å². The number of amides is 1. The van der Waals surface area contributed by atoms with Crippen molar-refractivity contribution in [1.29, 1.82) is 0 Å². The maximum Gasteiger partial charge on any atom is 0.274 e. The molecule has 8 heteroatoms. The van der Waals surface area contributed by atoms with E-state index in [4.69, 9.17) is 0 Å². The van der Waals surface area contributed by atoms with Crippen LogP contribution in [0, 0.1) is 11.8 Å². The SMILES string of the molecule is CC(C)CN1Cc2c(C(=O)N3CCC[C@@H](C)C3)ncn2-c2ccccc2S1(=O)=O. The quantitative estimate of drug-likeness (QED) is 0.771. The molecule has 7 nitrogen and oxygen atoms in total. The topological polar surface area (TPSA) is 75.5 Å². The number of aromatic nitrogens is 2. The minimum atomic E-state index is -3.67. The minimum Gasteiger partial charge on any atom is -0.337 e. The van der Waals surface area contributed by atoms with Crippen molar-refractivity contribution in [2.75, 3.05) is 19.6 Å². The van der Waals surface area contributed by atoms with Gasteiger partial charge in [0.05, 0.1) is 17.9 Å². The van der Waals surface area contributed by atoms with E-state index in [1.807, 2.05) is 24.8 Å². The van der Waals surface area contributed by atoms with Crippen molar-refractivity contribution in [3.8, 4) is 5.69 Å². The van der Waals surface area contributed by atoms with E-state index >= 15 is 0 Å². The van der Waals surface area contributed by atoms with Gasteiger partial charge in [-0.25, -0.2) is 13.4 Å². The van der Waals surface area contributed by atoms with Crippen LogP contribution in [0.25, 0.3) is 5.69 Å². The van der Waals surface area contributed by atoms with E-state index in [2.05, 4.69) is 11.9 Å². The van der Waals surface area contributed by atoms with Crippen LogP contribution in [0.1, 0.15) is 49.8 Å². The van der Waals surface area contributed by atoms with Gasteiger partial charge >= 0.3 is 0 Å². The molecule has 156 valence electrons. The molecule has 2 aliphatic rings. The molecule has 4 rings (SSSR count). The number of piperidine rings is 1. The van der Waals surface area contributed by atoms with Crippen molar-refractivity contribution in [2.45, 2.75) is 45.1 Å². The molecule has 0 radical (unpaired) electrons. The van der Waals surface area contributed by atoms with E-state index < -0.39 is 10.0 Å². The van der Waals surface area contributed by atoms with Crippen molar-refractivity contribution in [3.05, 3.63) is 42.0 Å². The summed E-state index contributed by atoms with van der Waals surface area (Å²) < 4.78 is 29.9. The molecule has 1 atom stereocenters. The molecule has 0 spiro atoms. The summed E-state index contributed by atoms with van der Waals surface area (Å²) in [6.45, 7) is 8.10. The molecule has 0 unspecified atom stereocenters. The number of nitrogens with zero attached hydrogens (tertiary/aromatic N) is 4. The average molecular weight is 417 g/mol. The first kappa shape index (κ1) is 20.1. The molecular weight excluding hydrogens is 388 g/mol. The fourth-order valence-electron chi connectivity index (χ4n) is 4.27. The summed E-state index contributed by atoms with van der Waals surface area (Å²) in [5.41, 5.74) is 1.55. The normalized spacial score (nSPS) is 21.5. The van der Waals surface area contributed by atoms with Gasteiger partial charge in [-0.1, -0.05) is 32.9 Å². The third kappa shape index (κ3) is 3.59. The molecule has 0 aliphatic carbocycles. The smallest absolute Gasteiger partial charge is 0.274 e. The maximum absolute atomic E-state index is 13.3. The second kappa shape index (κ2) is 7.57. The Labute approximate surface area is 172 Å². The zero-order chi connectivity index (χ0) is 20.8. The van der Waals surface area contributed by atoms with Crippen LogP contribution in [0.15, 0.2) is 35.5 Å². The van der Waals surface area contributed by atoms with Crippen LogP contribution in [0.5, 0.6) is 0 Å². The molecule has 3 heterocycles. The van der Waals surface area contributed by atoms with Crippen molar-refractivity contribution >= 4 is 15.9 Å². The summed E-state index contributed by atoms with van der Waals surface area (Å²) in [6.07, 6.45) is 3.70. The minimum absolute atomic E-state index is 0.105. The maximum atomic E-state index is 13.3. The van der Waals surface area contributed by atoms with Crippen molar-refractivity contribution in [2.24, 2.45) is 11.8 Å². The first-order valence-electron chi connectivity index (χ1n) is 10.2. The van der Waals surface area contributed by atoms with Crippen LogP contribution in [-0.2, 0) is 16.6 Å². The molecule has 1 saturated heterocycles. The van der Waals surface area contributed by atoms with Gasteiger partial charge in [-0.05, 0) is 36.8 Å². The number of benzene rings is 1. The van der Waals surface area contributed by atoms with Crippen LogP contribution in [0.2, 0.25) is 0 Å². The fourth-order valence-corrected chi connectivity index (χ4v) is 6.02. The molecule has 1 amide bonds. The van der Waals surface area contributed by atoms with E-state index in [9.17, 15) is 13.2 Å². The Balaban J connectivity index is 1.82. The number of hydrogen-bond donors (Lipinski definition) is 0. The lowest BCUT2D eigenvalue weighted by Gasteiger charge is -2.30. The predicted octanol–water partition coefficient (Wildman–Crippen LogP) is 2.90. The van der Waals surface area contributed by atoms with E-state index in [0.717, 1.165) is 25.9 Å². The van der Waals surface area contributed by atoms with E-state index in [1.165, 1.54) is 4.31 Å². The lowest BCUT2D eigenvalue weighted by Crippen LogP contribution is -2.40. The van der Waals surface area contributed by atoms with Crippen LogP contribution < -0.4 is 0 Å². The van der Waals surface area contributed by atoms with Crippen LogP contribution >= 0.6 is 0 Å². The highest BCUT2D eigenvalue weighted by atomic mass is 32.2. The molecule has 0 bridgehead atoms. The lowest BCUT2D eigenvalue weighted by molar-refractivity contribution is 0.0675. The van der Waals surface area contributed by atoms with Gasteiger partial charge in [0, 0.05) is 19.6 Å². The number of fused-ring (bicyclic) bond motifs is 3. The molecular formula is C21H28N4O3S. The Morgan fingerprint density at radius 3 is 2.76 bits per heavy atom. The molecule has 0 N–H and O–H groups in total. The predicted molar refractivity (Wildman–Crippen MR) is 110 cm³/mol. The first-order chi connectivity index (χ1) is 13.8. The second-order valence-corrected chi connectivity index (χ2v) is 10.5.